The molecule has 6 heterocycles. The van der Waals surface area contributed by atoms with Gasteiger partial charge in [-0.05, 0) is 16.4 Å². The number of ether oxygens (including phenoxy) is 1. The quantitative estimate of drug-likeness (QED) is 0.0980. The summed E-state index contributed by atoms with van der Waals surface area (Å²) in [6.45, 7) is -5.35. The van der Waals surface area contributed by atoms with Crippen LogP contribution in [0.5, 0.6) is 0 Å². The van der Waals surface area contributed by atoms with E-state index in [1.165, 1.54) is 21.8 Å². The smallest absolute Gasteiger partial charge is 0.387 e. The molecule has 10 atom stereocenters. The van der Waals surface area contributed by atoms with Gasteiger partial charge in [0.2, 0.25) is 5.95 Å². The van der Waals surface area contributed by atoms with Gasteiger partial charge in [0.1, 0.15) is 60.6 Å². The molecule has 2 unspecified atom stereocenters. The van der Waals surface area contributed by atoms with Crippen LogP contribution < -0.4 is 17.0 Å². The lowest BCUT2D eigenvalue weighted by Crippen LogP contribution is -2.33. The number of hydrogen-bond acceptors (Lipinski definition) is 16. The van der Waals surface area contributed by atoms with Gasteiger partial charge in [-0.3, -0.25) is 23.4 Å². The summed E-state index contributed by atoms with van der Waals surface area (Å²) >= 11 is 9.77. The van der Waals surface area contributed by atoms with Crippen molar-refractivity contribution < 1.29 is 41.7 Å². The fourth-order valence-corrected chi connectivity index (χ4v) is 8.45. The minimum Gasteiger partial charge on any atom is -0.387 e. The molecule has 0 spiro atoms. The second-order valence-electron chi connectivity index (χ2n) is 9.74. The topological polar surface area (TPSA) is 254 Å². The fraction of sp³-hybridized carbons (Fsp3) is 0.500. The van der Waals surface area contributed by atoms with Crippen LogP contribution in [0.4, 0.5) is 20.5 Å². The lowest BCUT2D eigenvalue weighted by atomic mass is 10.1. The first kappa shape index (κ1) is 32.5. The van der Waals surface area contributed by atoms with Crippen molar-refractivity contribution in [2.45, 2.75) is 47.5 Å². The zero-order valence-electron chi connectivity index (χ0n) is 22.3. The molecule has 7 N–H and O–H groups in total. The van der Waals surface area contributed by atoms with Gasteiger partial charge in [0.15, 0.2) is 35.0 Å². The highest BCUT2D eigenvalue weighted by Gasteiger charge is 2.51. The number of halogens is 2. The molecule has 242 valence electrons. The van der Waals surface area contributed by atoms with E-state index in [0.717, 1.165) is 18.1 Å². The maximum atomic E-state index is 15.8. The van der Waals surface area contributed by atoms with E-state index in [-0.39, 0.29) is 40.7 Å². The van der Waals surface area contributed by atoms with E-state index in [1.807, 2.05) is 0 Å². The first-order valence-electron chi connectivity index (χ1n) is 12.7. The second-order valence-corrected chi connectivity index (χ2v) is 15.6. The van der Waals surface area contributed by atoms with E-state index >= 15 is 8.78 Å². The van der Waals surface area contributed by atoms with Gasteiger partial charge in [-0.15, -0.1) is 16.3 Å². The number of nitrogens with zero attached hydrogens (tertiary/aromatic N) is 7. The third-order valence-corrected chi connectivity index (χ3v) is 10.7. The third-order valence-electron chi connectivity index (χ3n) is 6.95. The SMILES string of the molecule is Nc1nc2c(ncn2[C@@H]2S[C@H](CO[P+](=O)S)[C@H](F)[C@H]2OP(O)(=S)OC[C@H]2O[C@@H](n3cnc4c(N)ncnc43)[C@@H](F)[C@@H]2O)c(=O)[nH]1. The Morgan fingerprint density at radius 3 is 2.64 bits per heavy atom. The summed E-state index contributed by atoms with van der Waals surface area (Å²) in [5.74, 6) is -0.170. The molecule has 0 aromatic carbocycles. The van der Waals surface area contributed by atoms with Crippen LogP contribution in [0.25, 0.3) is 22.3 Å². The van der Waals surface area contributed by atoms with Crippen molar-refractivity contribution in [2.75, 3.05) is 24.7 Å². The number of anilines is 2. The minimum atomic E-state index is -4.34. The van der Waals surface area contributed by atoms with Crippen LogP contribution in [0.2, 0.25) is 0 Å². The van der Waals surface area contributed by atoms with E-state index in [4.69, 9.17) is 41.6 Å². The van der Waals surface area contributed by atoms with Crippen LogP contribution in [-0.4, -0.2) is 98.2 Å². The van der Waals surface area contributed by atoms with Crippen LogP contribution in [0, 0.1) is 0 Å². The van der Waals surface area contributed by atoms with Gasteiger partial charge in [0, 0.05) is 0 Å². The highest BCUT2D eigenvalue weighted by Crippen LogP contribution is 2.55. The summed E-state index contributed by atoms with van der Waals surface area (Å²) in [6, 6.07) is 0. The zero-order chi connectivity index (χ0) is 32.2. The van der Waals surface area contributed by atoms with Crippen molar-refractivity contribution >= 4 is 83.9 Å². The number of nitrogens with two attached hydrogens (primary N) is 2. The third kappa shape index (κ3) is 6.31. The standard InChI is InChI=1S/C20H22F2N10O8P2S3/c21-8-7(2-37-41(35)43)45-19(32-5-28-11-16(32)29-20(24)30-17(11)34)13(8)40-42(36,44)38-1-6-12(33)9(22)18(39-6)31-4-27-10-14(23)25-3-26-15(10)31/h3-9,12-13,18-19,33H,1-2H2,(H6-,23,24,25,26,29,30,34,35,36,43,44)/p+1/t6-,7-,8+,9+,12-,13-,18-,19-,42?/m1/s1. The van der Waals surface area contributed by atoms with Crippen molar-refractivity contribution in [1.29, 1.82) is 0 Å². The van der Waals surface area contributed by atoms with E-state index in [1.54, 1.807) is 0 Å². The number of fused-ring (bicyclic) bond motifs is 2. The van der Waals surface area contributed by atoms with Crippen molar-refractivity contribution in [2.24, 2.45) is 0 Å². The number of aromatic amines is 1. The van der Waals surface area contributed by atoms with Crippen molar-refractivity contribution in [1.82, 2.24) is 39.0 Å². The van der Waals surface area contributed by atoms with Crippen LogP contribution in [0.1, 0.15) is 11.6 Å². The molecule has 45 heavy (non-hydrogen) atoms. The Kier molecular flexibility index (Phi) is 9.13. The summed E-state index contributed by atoms with van der Waals surface area (Å²) in [4.78, 5) is 45.6. The molecule has 0 radical (unpaired) electrons. The van der Waals surface area contributed by atoms with E-state index in [2.05, 4.69) is 42.2 Å². The van der Waals surface area contributed by atoms with Crippen molar-refractivity contribution in [3.05, 3.63) is 29.3 Å². The first-order valence-corrected chi connectivity index (χ1v) is 18.6. The van der Waals surface area contributed by atoms with Crippen molar-refractivity contribution in [3.63, 3.8) is 0 Å². The van der Waals surface area contributed by atoms with E-state index < -0.39 is 73.6 Å². The molecule has 2 fully saturated rings. The molecular formula is C20H23F2N10O8P2S3+. The average molecular weight is 728 g/mol. The lowest BCUT2D eigenvalue weighted by Gasteiger charge is -2.27. The van der Waals surface area contributed by atoms with E-state index in [9.17, 15) is 19.4 Å². The van der Waals surface area contributed by atoms with Crippen molar-refractivity contribution in [3.8, 4) is 0 Å². The molecule has 4 aromatic rings. The molecule has 2 aliphatic rings. The average Bonchev–Trinajstić information content (AvgIpc) is 3.73. The molecule has 0 bridgehead atoms. The number of aromatic nitrogens is 8. The number of aliphatic hydroxyl groups excluding tert-OH is 1. The Morgan fingerprint density at radius 1 is 1.16 bits per heavy atom. The zero-order valence-corrected chi connectivity index (χ0v) is 26.6. The van der Waals surface area contributed by atoms with Gasteiger partial charge >= 0.3 is 13.9 Å². The summed E-state index contributed by atoms with van der Waals surface area (Å²) in [5, 5.41) is 8.49. The highest BCUT2D eigenvalue weighted by atomic mass is 32.7. The second kappa shape index (κ2) is 12.6. The highest BCUT2D eigenvalue weighted by molar-refractivity contribution is 8.39. The van der Waals surface area contributed by atoms with Crippen LogP contribution in [0.15, 0.2) is 23.8 Å². The van der Waals surface area contributed by atoms with E-state index in [0.29, 0.717) is 0 Å². The maximum absolute atomic E-state index is 15.8. The molecule has 2 saturated heterocycles. The molecular weight excluding hydrogens is 704 g/mol. The molecule has 2 aliphatic heterocycles. The number of nitrogens with one attached hydrogen (secondary N) is 1. The van der Waals surface area contributed by atoms with Gasteiger partial charge in [-0.2, -0.15) is 4.98 Å². The Hall–Kier alpha value is -2.43. The normalized spacial score (nSPS) is 30.3. The number of thiol groups is 1. The molecule has 18 nitrogen and oxygen atoms in total. The Labute approximate surface area is 265 Å². The Bertz CT molecular complexity index is 1870. The largest absolute Gasteiger partial charge is 0.582 e. The number of hydrogen-bond donors (Lipinski definition) is 6. The molecule has 0 saturated carbocycles. The predicted octanol–water partition coefficient (Wildman–Crippen LogP) is 0.895. The van der Waals surface area contributed by atoms with Gasteiger partial charge in [-0.1, -0.05) is 0 Å². The maximum Gasteiger partial charge on any atom is 0.582 e. The molecule has 6 rings (SSSR count). The number of imidazole rings is 2. The van der Waals surface area contributed by atoms with Gasteiger partial charge < -0.3 is 30.7 Å². The summed E-state index contributed by atoms with van der Waals surface area (Å²) in [6.07, 6.45) is -6.31. The number of thioether (sulfide) groups is 1. The summed E-state index contributed by atoms with van der Waals surface area (Å²) < 4.78 is 66.7. The number of nitrogen functional groups attached to an aromatic ring is 2. The fourth-order valence-electron chi connectivity index (χ4n) is 4.91. The van der Waals surface area contributed by atoms with Crippen LogP contribution in [-0.2, 0) is 34.7 Å². The molecule has 4 aromatic heterocycles. The summed E-state index contributed by atoms with van der Waals surface area (Å²) in [7, 11) is -2.37. The first-order chi connectivity index (χ1) is 21.3. The number of alkyl halides is 2. The summed E-state index contributed by atoms with van der Waals surface area (Å²) in [5.41, 5.74) is 11.1. The Balaban J connectivity index is 1.20. The van der Waals surface area contributed by atoms with Crippen LogP contribution >= 0.6 is 38.0 Å². The Morgan fingerprint density at radius 2 is 1.89 bits per heavy atom. The minimum absolute atomic E-state index is 0.00916. The van der Waals surface area contributed by atoms with Crippen LogP contribution in [0.3, 0.4) is 0 Å². The monoisotopic (exact) mass is 727 g/mol. The van der Waals surface area contributed by atoms with Gasteiger partial charge in [0.25, 0.3) is 5.56 Å². The lowest BCUT2D eigenvalue weighted by molar-refractivity contribution is -0.0460. The van der Waals surface area contributed by atoms with Gasteiger partial charge in [0.05, 0.1) is 24.5 Å². The molecule has 0 amide bonds. The number of H-pyrrole nitrogens is 1. The number of rotatable bonds is 10. The van der Waals surface area contributed by atoms with Gasteiger partial charge in [-0.25, -0.2) is 28.7 Å². The molecule has 0 aliphatic carbocycles. The number of aliphatic hydroxyl groups is 1. The molecule has 25 heteroatoms. The predicted molar refractivity (Wildman–Crippen MR) is 162 cm³/mol.